The Morgan fingerprint density at radius 3 is 1.04 bits per heavy atom. The summed E-state index contributed by atoms with van der Waals surface area (Å²) in [5, 5.41) is 0. The molecule has 47 heavy (non-hydrogen) atoms. The van der Waals surface area contributed by atoms with Gasteiger partial charge in [-0.15, -0.1) is 0 Å². The summed E-state index contributed by atoms with van der Waals surface area (Å²) < 4.78 is 1.53. The Hall–Kier alpha value is -1.99. The van der Waals surface area contributed by atoms with Crippen molar-refractivity contribution in [3.63, 3.8) is 0 Å². The van der Waals surface area contributed by atoms with Gasteiger partial charge in [0.25, 0.3) is 0 Å². The maximum Gasteiger partial charge on any atom is 2.00 e. The molecule has 0 aliphatic carbocycles. The monoisotopic (exact) mass is 684 g/mol. The third-order valence-corrected chi connectivity index (χ3v) is 8.72. The van der Waals surface area contributed by atoms with Crippen molar-refractivity contribution in [1.29, 1.82) is 0 Å². The first-order valence-corrected chi connectivity index (χ1v) is 19.2. The molecule has 0 bridgehead atoms. The zero-order valence-electron chi connectivity index (χ0n) is 31.4. The molecule has 0 unspecified atom stereocenters. The average molecular weight is 686 g/mol. The molecule has 0 N–H and O–H groups in total. The summed E-state index contributed by atoms with van der Waals surface area (Å²) >= 11 is 0. The fraction of sp³-hybridized carbons (Fsp3) is 0.591. The van der Waals surface area contributed by atoms with Crippen LogP contribution in [0.3, 0.4) is 0 Å². The van der Waals surface area contributed by atoms with Gasteiger partial charge in [0.15, 0.2) is 0 Å². The van der Waals surface area contributed by atoms with E-state index in [1.807, 2.05) is 0 Å². The SMILES string of the molecule is CCCCCCc1ccc(C2=C(CCCC)C(CCCC)=C(c3ccc(CCCCCC)cc3)[N+]2=[N-])cc1.[CH2-]CCC.[CH2-]CCC.[Ni+2]. The van der Waals surface area contributed by atoms with E-state index in [9.17, 15) is 5.53 Å². The Bertz CT molecular complexity index is 1030. The summed E-state index contributed by atoms with van der Waals surface area (Å²) in [7, 11) is 0. The molecule has 0 saturated heterocycles. The molecule has 0 aromatic heterocycles. The van der Waals surface area contributed by atoms with Crippen LogP contribution >= 0.6 is 0 Å². The molecule has 3 rings (SSSR count). The summed E-state index contributed by atoms with van der Waals surface area (Å²) in [6.07, 6.45) is 23.8. The van der Waals surface area contributed by atoms with E-state index < -0.39 is 0 Å². The summed E-state index contributed by atoms with van der Waals surface area (Å²) in [4.78, 5) is 0. The molecule has 0 saturated carbocycles. The van der Waals surface area contributed by atoms with Gasteiger partial charge in [0.05, 0.1) is 0 Å². The van der Waals surface area contributed by atoms with Crippen molar-refractivity contribution >= 4 is 11.4 Å². The second kappa shape index (κ2) is 29.0. The second-order valence-corrected chi connectivity index (χ2v) is 12.9. The normalized spacial score (nSPS) is 12.4. The van der Waals surface area contributed by atoms with Crippen molar-refractivity contribution in [3.05, 3.63) is 101 Å². The van der Waals surface area contributed by atoms with Crippen molar-refractivity contribution in [2.75, 3.05) is 0 Å². The van der Waals surface area contributed by atoms with Crippen LogP contribution in [0.2, 0.25) is 0 Å². The molecule has 0 radical (unpaired) electrons. The number of rotatable bonds is 20. The number of unbranched alkanes of at least 4 members (excludes halogenated alkanes) is 10. The first kappa shape index (κ1) is 45.0. The number of hydrogen-bond acceptors (Lipinski definition) is 0. The van der Waals surface area contributed by atoms with Gasteiger partial charge in [-0.3, -0.25) is 0 Å². The fourth-order valence-corrected chi connectivity index (χ4v) is 5.66. The molecule has 2 aromatic rings. The van der Waals surface area contributed by atoms with Crippen LogP contribution in [0.1, 0.15) is 179 Å². The Kier molecular flexibility index (Phi) is 27.8. The molecule has 0 atom stereocenters. The van der Waals surface area contributed by atoms with E-state index in [0.717, 1.165) is 86.7 Å². The van der Waals surface area contributed by atoms with Crippen LogP contribution in [0.4, 0.5) is 0 Å². The molecule has 0 amide bonds. The third-order valence-electron chi connectivity index (χ3n) is 8.72. The maximum absolute atomic E-state index is 11.8. The van der Waals surface area contributed by atoms with E-state index in [4.69, 9.17) is 0 Å². The number of allylic oxidation sites excluding steroid dienone is 2. The predicted molar refractivity (Wildman–Crippen MR) is 206 cm³/mol. The number of nitrogens with zero attached hydrogens (tertiary/aromatic N) is 2. The van der Waals surface area contributed by atoms with E-state index >= 15 is 0 Å². The van der Waals surface area contributed by atoms with Gasteiger partial charge in [0, 0.05) is 22.3 Å². The summed E-state index contributed by atoms with van der Waals surface area (Å²) in [6.45, 7) is 20.5. The molecule has 2 aromatic carbocycles. The Balaban J connectivity index is 0.00000211. The molecular weight excluding hydrogens is 615 g/mol. The van der Waals surface area contributed by atoms with Gasteiger partial charge >= 0.3 is 16.5 Å². The van der Waals surface area contributed by atoms with E-state index in [-0.39, 0.29) is 16.5 Å². The van der Waals surface area contributed by atoms with Crippen LogP contribution in [0, 0.1) is 13.8 Å². The third kappa shape index (κ3) is 16.8. The van der Waals surface area contributed by atoms with Gasteiger partial charge in [-0.05, 0) is 86.8 Å². The quantitative estimate of drug-likeness (QED) is 0.0574. The fourth-order valence-electron chi connectivity index (χ4n) is 5.66. The van der Waals surface area contributed by atoms with Crippen molar-refractivity contribution < 1.29 is 21.2 Å². The van der Waals surface area contributed by atoms with Gasteiger partial charge in [-0.2, -0.15) is 12.8 Å². The van der Waals surface area contributed by atoms with Gasteiger partial charge in [0.1, 0.15) is 0 Å². The van der Waals surface area contributed by atoms with Crippen molar-refractivity contribution in [2.45, 2.75) is 170 Å². The molecule has 0 spiro atoms. The molecule has 1 aliphatic rings. The molecule has 2 nitrogen and oxygen atoms in total. The largest absolute Gasteiger partial charge is 2.00 e. The average Bonchev–Trinajstić information content (AvgIpc) is 3.37. The van der Waals surface area contributed by atoms with E-state index in [0.29, 0.717) is 0 Å². The second-order valence-electron chi connectivity index (χ2n) is 12.9. The smallest absolute Gasteiger partial charge is 0.493 e. The zero-order valence-corrected chi connectivity index (χ0v) is 32.4. The molecule has 0 fully saturated rings. The molecule has 1 aliphatic heterocycles. The minimum absolute atomic E-state index is 0. The van der Waals surface area contributed by atoms with Crippen LogP contribution in [-0.2, 0) is 29.3 Å². The van der Waals surface area contributed by atoms with Gasteiger partial charge in [0.2, 0.25) is 11.4 Å². The molecule has 266 valence electrons. The predicted octanol–water partition coefficient (Wildman–Crippen LogP) is 14.7. The zero-order chi connectivity index (χ0) is 34.0. The van der Waals surface area contributed by atoms with Crippen molar-refractivity contribution in [1.82, 2.24) is 0 Å². The standard InChI is InChI=1S/C36H52N2.2C4H9.Ni/c1-5-9-13-15-17-29-21-25-31(26-22-29)35-33(19-11-7-3)34(20-12-8-4)36(38(35)37)32-27-23-30(24-28-32)18-16-14-10-6-2;2*1-3-4-2;/h21-28H,5-20H2,1-4H3;2*1,3-4H2,2H3;/q;2*-1;+2. The number of benzene rings is 2. The maximum atomic E-state index is 11.8. The van der Waals surface area contributed by atoms with Crippen LogP contribution in [0.25, 0.3) is 16.9 Å². The number of aryl methyl sites for hydroxylation is 2. The molecular formula is C44H70N2Ni. The number of hydrogen-bond donors (Lipinski definition) is 0. The summed E-state index contributed by atoms with van der Waals surface area (Å²) in [5.41, 5.74) is 21.5. The van der Waals surface area contributed by atoms with Crippen LogP contribution in [0.5, 0.6) is 0 Å². The van der Waals surface area contributed by atoms with Crippen LogP contribution in [-0.4, -0.2) is 4.70 Å². The van der Waals surface area contributed by atoms with Gasteiger partial charge in [-0.25, -0.2) is 4.70 Å². The van der Waals surface area contributed by atoms with E-state index in [1.54, 1.807) is 0 Å². The first-order valence-electron chi connectivity index (χ1n) is 19.2. The van der Waals surface area contributed by atoms with Crippen LogP contribution in [0.15, 0.2) is 59.7 Å². The summed E-state index contributed by atoms with van der Waals surface area (Å²) in [5.74, 6) is 0. The Morgan fingerprint density at radius 1 is 0.447 bits per heavy atom. The minimum atomic E-state index is 0. The molecule has 1 heterocycles. The topological polar surface area (TPSA) is 25.3 Å². The van der Waals surface area contributed by atoms with Gasteiger partial charge < -0.3 is 19.4 Å². The van der Waals surface area contributed by atoms with E-state index in [2.05, 4.69) is 104 Å². The Labute approximate surface area is 302 Å². The van der Waals surface area contributed by atoms with Crippen molar-refractivity contribution in [2.24, 2.45) is 0 Å². The van der Waals surface area contributed by atoms with Crippen molar-refractivity contribution in [3.8, 4) is 0 Å². The minimum Gasteiger partial charge on any atom is -0.493 e. The summed E-state index contributed by atoms with van der Waals surface area (Å²) in [6, 6.07) is 18.0. The van der Waals surface area contributed by atoms with E-state index in [1.165, 1.54) is 91.2 Å². The molecule has 3 heteroatoms. The van der Waals surface area contributed by atoms with Gasteiger partial charge in [-0.1, -0.05) is 130 Å². The Morgan fingerprint density at radius 2 is 0.766 bits per heavy atom. The first-order chi connectivity index (χ1) is 22.5. The van der Waals surface area contributed by atoms with Crippen LogP contribution < -0.4 is 0 Å².